The second-order valence-electron chi connectivity index (χ2n) is 7.05. The summed E-state index contributed by atoms with van der Waals surface area (Å²) >= 11 is 0. The van der Waals surface area contributed by atoms with Gasteiger partial charge in [-0.2, -0.15) is 9.40 Å². The van der Waals surface area contributed by atoms with Crippen molar-refractivity contribution in [1.82, 2.24) is 14.5 Å². The summed E-state index contributed by atoms with van der Waals surface area (Å²) in [5.41, 5.74) is 10.7. The van der Waals surface area contributed by atoms with Gasteiger partial charge in [-0.15, -0.1) is 0 Å². The molecule has 0 unspecified atom stereocenters. The fraction of sp³-hybridized carbons (Fsp3) is 0.316. The number of rotatable bonds is 3. The molecule has 7 nitrogen and oxygen atoms in total. The van der Waals surface area contributed by atoms with Crippen LogP contribution in [-0.2, 0) is 10.0 Å². The summed E-state index contributed by atoms with van der Waals surface area (Å²) in [5.74, 6) is 0.453. The number of fused-ring (bicyclic) bond motifs is 1. The highest BCUT2D eigenvalue weighted by Crippen LogP contribution is 2.34. The van der Waals surface area contributed by atoms with Gasteiger partial charge < -0.3 is 10.8 Å². The number of hydrogen-bond donors (Lipinski definition) is 3. The number of β-amino-alcohol motifs (C(OH)–C–C–N with tert-alkyl or cyclic N) is 1. The molecule has 1 aromatic heterocycles. The van der Waals surface area contributed by atoms with Crippen LogP contribution in [0.3, 0.4) is 0 Å². The number of aliphatic hydroxyl groups is 1. The van der Waals surface area contributed by atoms with E-state index in [2.05, 4.69) is 10.2 Å². The second-order valence-corrected chi connectivity index (χ2v) is 8.99. The van der Waals surface area contributed by atoms with Gasteiger partial charge in [0.1, 0.15) is 0 Å². The number of hydrogen-bond acceptors (Lipinski definition) is 5. The van der Waals surface area contributed by atoms with Gasteiger partial charge in [-0.1, -0.05) is 12.1 Å². The number of aryl methyl sites for hydroxylation is 2. The van der Waals surface area contributed by atoms with Crippen molar-refractivity contribution in [1.29, 1.82) is 0 Å². The molecule has 0 radical (unpaired) electrons. The summed E-state index contributed by atoms with van der Waals surface area (Å²) in [7, 11) is -3.60. The molecule has 3 aromatic rings. The van der Waals surface area contributed by atoms with Crippen molar-refractivity contribution in [3.05, 3.63) is 41.5 Å². The molecule has 142 valence electrons. The normalized spacial score (nSPS) is 18.4. The summed E-state index contributed by atoms with van der Waals surface area (Å²) in [5, 5.41) is 17.5. The van der Waals surface area contributed by atoms with E-state index in [1.54, 1.807) is 12.1 Å². The Bertz CT molecular complexity index is 1140. The molecule has 1 atom stereocenters. The lowest BCUT2D eigenvalue weighted by atomic mass is 9.94. The number of sulfonamides is 1. The van der Waals surface area contributed by atoms with Gasteiger partial charge in [0, 0.05) is 18.5 Å². The minimum Gasteiger partial charge on any atom is -0.392 e. The number of nitrogens with one attached hydrogen (secondary N) is 1. The SMILES string of the molecule is Cc1cc(S(=O)(=O)N2CC[C@H](O)C2)ccc1-c1ccc2[nH]nc(N)c2c1C. The molecule has 0 saturated carbocycles. The van der Waals surface area contributed by atoms with Gasteiger partial charge >= 0.3 is 0 Å². The van der Waals surface area contributed by atoms with Crippen LogP contribution in [0.1, 0.15) is 17.5 Å². The molecule has 1 fully saturated rings. The van der Waals surface area contributed by atoms with Crippen LogP contribution >= 0.6 is 0 Å². The van der Waals surface area contributed by atoms with Crippen LogP contribution < -0.4 is 5.73 Å². The number of nitrogen functional groups attached to an aromatic ring is 1. The van der Waals surface area contributed by atoms with Crippen molar-refractivity contribution in [3.8, 4) is 11.1 Å². The molecular formula is C19H22N4O3S. The molecular weight excluding hydrogens is 364 g/mol. The number of nitrogens with two attached hydrogens (primary N) is 1. The third-order valence-electron chi connectivity index (χ3n) is 5.27. The van der Waals surface area contributed by atoms with Crippen molar-refractivity contribution in [2.45, 2.75) is 31.3 Å². The van der Waals surface area contributed by atoms with E-state index in [0.29, 0.717) is 18.8 Å². The van der Waals surface area contributed by atoms with Gasteiger partial charge in [-0.3, -0.25) is 5.10 Å². The fourth-order valence-electron chi connectivity index (χ4n) is 3.78. The first kappa shape index (κ1) is 18.0. The summed E-state index contributed by atoms with van der Waals surface area (Å²) < 4.78 is 27.0. The van der Waals surface area contributed by atoms with Gasteiger partial charge in [0.05, 0.1) is 16.5 Å². The largest absolute Gasteiger partial charge is 0.392 e. The number of anilines is 1. The van der Waals surface area contributed by atoms with Crippen LogP contribution in [0.25, 0.3) is 22.0 Å². The van der Waals surface area contributed by atoms with Crippen molar-refractivity contribution in [2.75, 3.05) is 18.8 Å². The molecule has 1 saturated heterocycles. The highest BCUT2D eigenvalue weighted by Gasteiger charge is 2.31. The maximum atomic E-state index is 12.8. The number of nitrogens with zero attached hydrogens (tertiary/aromatic N) is 2. The van der Waals surface area contributed by atoms with E-state index in [4.69, 9.17) is 5.73 Å². The fourth-order valence-corrected chi connectivity index (χ4v) is 5.36. The summed E-state index contributed by atoms with van der Waals surface area (Å²) in [6, 6.07) is 9.07. The number of aromatic nitrogens is 2. The Kier molecular flexibility index (Phi) is 4.21. The van der Waals surface area contributed by atoms with Gasteiger partial charge in [0.2, 0.25) is 10.0 Å². The first-order valence-corrected chi connectivity index (χ1v) is 10.3. The average molecular weight is 386 g/mol. The van der Waals surface area contributed by atoms with E-state index in [1.165, 1.54) is 4.31 Å². The Balaban J connectivity index is 1.77. The Morgan fingerprint density at radius 2 is 1.96 bits per heavy atom. The minimum absolute atomic E-state index is 0.151. The zero-order chi connectivity index (χ0) is 19.3. The zero-order valence-corrected chi connectivity index (χ0v) is 16.0. The molecule has 0 aliphatic carbocycles. The molecule has 4 rings (SSSR count). The third-order valence-corrected chi connectivity index (χ3v) is 7.13. The maximum Gasteiger partial charge on any atom is 0.243 e. The highest BCUT2D eigenvalue weighted by atomic mass is 32.2. The number of benzene rings is 2. The van der Waals surface area contributed by atoms with Crippen LogP contribution in [0.5, 0.6) is 0 Å². The molecule has 1 aliphatic heterocycles. The van der Waals surface area contributed by atoms with Gasteiger partial charge in [0.15, 0.2) is 5.82 Å². The van der Waals surface area contributed by atoms with E-state index >= 15 is 0 Å². The summed E-state index contributed by atoms with van der Waals surface area (Å²) in [6.45, 7) is 4.38. The van der Waals surface area contributed by atoms with Crippen LogP contribution in [0, 0.1) is 13.8 Å². The molecule has 1 aliphatic rings. The minimum atomic E-state index is -3.60. The molecule has 0 amide bonds. The standard InChI is InChI=1S/C19H22N4O3S/c1-11-9-14(27(25,26)23-8-7-13(24)10-23)3-4-15(11)16-5-6-17-18(12(16)2)19(20)22-21-17/h3-6,9,13,24H,7-8,10H2,1-2H3,(H3,20,21,22)/t13-/m0/s1. The van der Waals surface area contributed by atoms with Crippen molar-refractivity contribution < 1.29 is 13.5 Å². The van der Waals surface area contributed by atoms with Crippen molar-refractivity contribution in [3.63, 3.8) is 0 Å². The Hall–Kier alpha value is -2.42. The van der Waals surface area contributed by atoms with E-state index in [9.17, 15) is 13.5 Å². The Labute approximate surface area is 157 Å². The topological polar surface area (TPSA) is 112 Å². The van der Waals surface area contributed by atoms with Crippen LogP contribution in [0.15, 0.2) is 35.2 Å². The molecule has 27 heavy (non-hydrogen) atoms. The molecule has 0 bridgehead atoms. The quantitative estimate of drug-likeness (QED) is 0.639. The lowest BCUT2D eigenvalue weighted by Crippen LogP contribution is -2.29. The van der Waals surface area contributed by atoms with Crippen molar-refractivity contribution >= 4 is 26.7 Å². The van der Waals surface area contributed by atoms with Crippen molar-refractivity contribution in [2.24, 2.45) is 0 Å². The zero-order valence-electron chi connectivity index (χ0n) is 15.2. The lowest BCUT2D eigenvalue weighted by molar-refractivity contribution is 0.189. The molecule has 4 N–H and O–H groups in total. The van der Waals surface area contributed by atoms with Crippen LogP contribution in [-0.4, -0.2) is 47.2 Å². The van der Waals surface area contributed by atoms with E-state index in [-0.39, 0.29) is 11.4 Å². The Morgan fingerprint density at radius 3 is 2.63 bits per heavy atom. The maximum absolute atomic E-state index is 12.8. The predicted octanol–water partition coefficient (Wildman–Crippen LogP) is 2.18. The van der Waals surface area contributed by atoms with E-state index in [0.717, 1.165) is 33.2 Å². The summed E-state index contributed by atoms with van der Waals surface area (Å²) in [4.78, 5) is 0.249. The summed E-state index contributed by atoms with van der Waals surface area (Å²) in [6.07, 6.45) is -0.114. The molecule has 2 heterocycles. The molecule has 2 aromatic carbocycles. The Morgan fingerprint density at radius 1 is 1.22 bits per heavy atom. The number of aromatic amines is 1. The monoisotopic (exact) mass is 386 g/mol. The lowest BCUT2D eigenvalue weighted by Gasteiger charge is -2.17. The number of aliphatic hydroxyl groups excluding tert-OH is 1. The van der Waals surface area contributed by atoms with Crippen LogP contribution in [0.2, 0.25) is 0 Å². The first-order chi connectivity index (χ1) is 12.8. The second kappa shape index (κ2) is 6.33. The predicted molar refractivity (Wildman–Crippen MR) is 105 cm³/mol. The van der Waals surface area contributed by atoms with Crippen LogP contribution in [0.4, 0.5) is 5.82 Å². The highest BCUT2D eigenvalue weighted by molar-refractivity contribution is 7.89. The third kappa shape index (κ3) is 2.90. The molecule has 0 spiro atoms. The smallest absolute Gasteiger partial charge is 0.243 e. The molecule has 8 heteroatoms. The van der Waals surface area contributed by atoms with Gasteiger partial charge in [0.25, 0.3) is 0 Å². The number of H-pyrrole nitrogens is 1. The van der Waals surface area contributed by atoms with Gasteiger partial charge in [-0.25, -0.2) is 8.42 Å². The average Bonchev–Trinajstić information content (AvgIpc) is 3.22. The first-order valence-electron chi connectivity index (χ1n) is 8.81. The van der Waals surface area contributed by atoms with Gasteiger partial charge in [-0.05, 0) is 60.7 Å². The van der Waals surface area contributed by atoms with E-state index in [1.807, 2.05) is 32.0 Å². The van der Waals surface area contributed by atoms with E-state index < -0.39 is 16.1 Å².